The van der Waals surface area contributed by atoms with Gasteiger partial charge in [-0.2, -0.15) is 0 Å². The summed E-state index contributed by atoms with van der Waals surface area (Å²) in [6, 6.07) is 9.07. The predicted molar refractivity (Wildman–Crippen MR) is 93.8 cm³/mol. The Hall–Kier alpha value is -2.61. The van der Waals surface area contributed by atoms with Crippen LogP contribution < -0.4 is 10.5 Å². The van der Waals surface area contributed by atoms with E-state index >= 15 is 0 Å². The molecule has 25 heavy (non-hydrogen) atoms. The normalized spacial score (nSPS) is 12.8. The third kappa shape index (κ3) is 4.08. The van der Waals surface area contributed by atoms with Gasteiger partial charge in [-0.25, -0.2) is 4.98 Å². The summed E-state index contributed by atoms with van der Waals surface area (Å²) in [5, 5.41) is 0.312. The average molecular weight is 359 g/mol. The fraction of sp³-hybridized carbons (Fsp3) is 0.294. The number of aromatic nitrogens is 2. The lowest BCUT2D eigenvalue weighted by molar-refractivity contribution is -0.139. The molecule has 0 unspecified atom stereocenters. The lowest BCUT2D eigenvalue weighted by Crippen LogP contribution is -2.30. The smallest absolute Gasteiger partial charge is 0.311 e. The Bertz CT molecular complexity index is 865. The van der Waals surface area contributed by atoms with Gasteiger partial charge in [-0.3, -0.25) is 14.4 Å². The number of nitrogens with zero attached hydrogens (tertiary/aromatic N) is 2. The number of hydrogen-bond donors (Lipinski definition) is 1. The second kappa shape index (κ2) is 7.52. The number of nitrogens with one attached hydrogen (secondary N) is 1. The van der Waals surface area contributed by atoms with Crippen molar-refractivity contribution in [1.82, 2.24) is 9.97 Å². The van der Waals surface area contributed by atoms with Gasteiger partial charge in [-0.05, 0) is 18.1 Å². The topological polar surface area (TPSA) is 92.4 Å². The number of para-hydroxylation sites is 1. The Morgan fingerprint density at radius 2 is 2.16 bits per heavy atom. The van der Waals surface area contributed by atoms with E-state index in [2.05, 4.69) is 14.7 Å². The van der Waals surface area contributed by atoms with Crippen molar-refractivity contribution in [3.8, 4) is 0 Å². The van der Waals surface area contributed by atoms with Crippen molar-refractivity contribution in [2.75, 3.05) is 24.3 Å². The predicted octanol–water partition coefficient (Wildman–Crippen LogP) is 1.17. The van der Waals surface area contributed by atoms with E-state index < -0.39 is 5.97 Å². The molecule has 8 heteroatoms. The van der Waals surface area contributed by atoms with Crippen molar-refractivity contribution in [1.29, 1.82) is 0 Å². The summed E-state index contributed by atoms with van der Waals surface area (Å²) in [4.78, 5) is 44.0. The standard InChI is InChI=1S/C17H17N3O4S/c1-24-16(23)9-12-8-14(21)19-17(18-12)25-10-15(22)20-7-6-11-4-2-3-5-13(11)20/h2-5,8H,6-7,9-10H2,1H3,(H,18,19,21). The van der Waals surface area contributed by atoms with Crippen molar-refractivity contribution in [2.45, 2.75) is 18.0 Å². The van der Waals surface area contributed by atoms with Gasteiger partial charge in [0, 0.05) is 18.3 Å². The first-order chi connectivity index (χ1) is 12.1. The maximum Gasteiger partial charge on any atom is 0.311 e. The largest absolute Gasteiger partial charge is 0.469 e. The summed E-state index contributed by atoms with van der Waals surface area (Å²) < 4.78 is 4.57. The fourth-order valence-electron chi connectivity index (χ4n) is 2.67. The van der Waals surface area contributed by atoms with E-state index in [1.807, 2.05) is 24.3 Å². The number of methoxy groups -OCH3 is 1. The molecule has 1 aromatic carbocycles. The summed E-state index contributed by atoms with van der Waals surface area (Å²) in [5.41, 5.74) is 2.05. The second-order valence-corrected chi connectivity index (χ2v) is 6.47. The van der Waals surface area contributed by atoms with Gasteiger partial charge in [-0.1, -0.05) is 30.0 Å². The molecule has 1 amide bonds. The molecule has 0 fully saturated rings. The lowest BCUT2D eigenvalue weighted by Gasteiger charge is -2.16. The minimum Gasteiger partial charge on any atom is -0.469 e. The molecule has 1 aliphatic heterocycles. The minimum absolute atomic E-state index is 0.0454. The van der Waals surface area contributed by atoms with Crippen LogP contribution in [0.2, 0.25) is 0 Å². The Kier molecular flexibility index (Phi) is 5.18. The van der Waals surface area contributed by atoms with Crippen LogP contribution >= 0.6 is 11.8 Å². The summed E-state index contributed by atoms with van der Waals surface area (Å²) in [6.07, 6.45) is 0.762. The van der Waals surface area contributed by atoms with Crippen LogP contribution in [0.25, 0.3) is 0 Å². The Labute approximate surface area is 148 Å². The molecular formula is C17H17N3O4S. The summed E-state index contributed by atoms with van der Waals surface area (Å²) >= 11 is 1.14. The zero-order valence-corrected chi connectivity index (χ0v) is 14.5. The number of hydrogen-bond acceptors (Lipinski definition) is 6. The van der Waals surface area contributed by atoms with Crippen molar-refractivity contribution in [3.63, 3.8) is 0 Å². The fourth-order valence-corrected chi connectivity index (χ4v) is 3.44. The highest BCUT2D eigenvalue weighted by molar-refractivity contribution is 7.99. The highest BCUT2D eigenvalue weighted by atomic mass is 32.2. The van der Waals surface area contributed by atoms with Crippen LogP contribution in [0.3, 0.4) is 0 Å². The number of carbonyl (C=O) groups is 2. The van der Waals surface area contributed by atoms with Crippen molar-refractivity contribution in [3.05, 3.63) is 51.9 Å². The zero-order chi connectivity index (χ0) is 17.8. The van der Waals surface area contributed by atoms with E-state index in [0.717, 1.165) is 29.4 Å². The number of aromatic amines is 1. The number of benzene rings is 1. The van der Waals surface area contributed by atoms with E-state index in [9.17, 15) is 14.4 Å². The van der Waals surface area contributed by atoms with E-state index in [-0.39, 0.29) is 23.6 Å². The zero-order valence-electron chi connectivity index (χ0n) is 13.7. The number of carbonyl (C=O) groups excluding carboxylic acids is 2. The number of ether oxygens (including phenoxy) is 1. The molecule has 2 heterocycles. The van der Waals surface area contributed by atoms with Gasteiger partial charge >= 0.3 is 5.97 Å². The molecule has 0 aliphatic carbocycles. The molecule has 0 saturated carbocycles. The molecule has 0 atom stereocenters. The van der Waals surface area contributed by atoms with E-state index in [4.69, 9.17) is 0 Å². The van der Waals surface area contributed by atoms with Crippen LogP contribution in [0.1, 0.15) is 11.3 Å². The minimum atomic E-state index is -0.473. The molecule has 130 valence electrons. The van der Waals surface area contributed by atoms with Gasteiger partial charge in [0.25, 0.3) is 5.56 Å². The first-order valence-electron chi connectivity index (χ1n) is 7.75. The summed E-state index contributed by atoms with van der Waals surface area (Å²) in [7, 11) is 1.28. The van der Waals surface area contributed by atoms with E-state index in [1.165, 1.54) is 13.2 Å². The Balaban J connectivity index is 1.67. The molecule has 0 bridgehead atoms. The van der Waals surface area contributed by atoms with Gasteiger partial charge in [0.05, 0.1) is 25.0 Å². The molecule has 2 aromatic rings. The van der Waals surface area contributed by atoms with Crippen LogP contribution in [-0.2, 0) is 27.2 Å². The van der Waals surface area contributed by atoms with E-state index in [1.54, 1.807) is 4.90 Å². The highest BCUT2D eigenvalue weighted by Gasteiger charge is 2.24. The molecular weight excluding hydrogens is 342 g/mol. The SMILES string of the molecule is COC(=O)Cc1cc(=O)[nH]c(SCC(=O)N2CCc3ccccc32)n1. The summed E-state index contributed by atoms with van der Waals surface area (Å²) in [5.74, 6) is -0.367. The monoisotopic (exact) mass is 359 g/mol. The molecule has 1 aliphatic rings. The van der Waals surface area contributed by atoms with Crippen LogP contribution in [-0.4, -0.2) is 41.3 Å². The molecule has 0 saturated heterocycles. The molecule has 1 aromatic heterocycles. The number of esters is 1. The highest BCUT2D eigenvalue weighted by Crippen LogP contribution is 2.28. The summed E-state index contributed by atoms with van der Waals surface area (Å²) in [6.45, 7) is 0.658. The van der Waals surface area contributed by atoms with Crippen LogP contribution in [0.15, 0.2) is 40.3 Å². The maximum atomic E-state index is 12.5. The first kappa shape index (κ1) is 17.2. The number of rotatable bonds is 5. The molecule has 0 spiro atoms. The quantitative estimate of drug-likeness (QED) is 0.489. The van der Waals surface area contributed by atoms with Gasteiger partial charge in [0.2, 0.25) is 5.91 Å². The Morgan fingerprint density at radius 3 is 2.96 bits per heavy atom. The number of anilines is 1. The van der Waals surface area contributed by atoms with Crippen molar-refractivity contribution < 1.29 is 14.3 Å². The van der Waals surface area contributed by atoms with Crippen LogP contribution in [0.5, 0.6) is 0 Å². The lowest BCUT2D eigenvalue weighted by atomic mass is 10.2. The van der Waals surface area contributed by atoms with E-state index in [0.29, 0.717) is 17.4 Å². The number of H-pyrrole nitrogens is 1. The van der Waals surface area contributed by atoms with Crippen LogP contribution in [0.4, 0.5) is 5.69 Å². The number of thioether (sulfide) groups is 1. The first-order valence-corrected chi connectivity index (χ1v) is 8.73. The third-order valence-corrected chi connectivity index (χ3v) is 4.70. The maximum absolute atomic E-state index is 12.5. The van der Waals surface area contributed by atoms with Crippen molar-refractivity contribution in [2.24, 2.45) is 0 Å². The van der Waals surface area contributed by atoms with Crippen molar-refractivity contribution >= 4 is 29.3 Å². The second-order valence-electron chi connectivity index (χ2n) is 5.51. The molecule has 0 radical (unpaired) electrons. The molecule has 7 nitrogen and oxygen atoms in total. The Morgan fingerprint density at radius 1 is 1.36 bits per heavy atom. The van der Waals surface area contributed by atoms with Gasteiger partial charge in [0.15, 0.2) is 5.16 Å². The van der Waals surface area contributed by atoms with Gasteiger partial charge < -0.3 is 14.6 Å². The van der Waals surface area contributed by atoms with Gasteiger partial charge in [-0.15, -0.1) is 0 Å². The number of fused-ring (bicyclic) bond motifs is 1. The van der Waals surface area contributed by atoms with Gasteiger partial charge in [0.1, 0.15) is 0 Å². The molecule has 1 N–H and O–H groups in total. The third-order valence-electron chi connectivity index (χ3n) is 3.85. The average Bonchev–Trinajstić information content (AvgIpc) is 3.03. The number of amides is 1. The van der Waals surface area contributed by atoms with Crippen LogP contribution in [0, 0.1) is 0 Å². The molecule has 3 rings (SSSR count).